The topological polar surface area (TPSA) is 41.5 Å². The number of aliphatic imine (C=N–C) groups is 1. The Kier molecular flexibility index (Phi) is 3.94. The number of rotatable bonds is 2. The van der Waals surface area contributed by atoms with Gasteiger partial charge in [0, 0.05) is 4.88 Å². The van der Waals surface area contributed by atoms with Crippen molar-refractivity contribution in [2.75, 3.05) is 0 Å². The lowest BCUT2D eigenvalue weighted by Gasteiger charge is -1.97. The third kappa shape index (κ3) is 3.25. The fourth-order valence-corrected chi connectivity index (χ4v) is 3.70. The molecule has 2 aromatic rings. The third-order valence-electron chi connectivity index (χ3n) is 3.05. The molecule has 1 aromatic heterocycles. The van der Waals surface area contributed by atoms with Crippen LogP contribution in [0.3, 0.4) is 0 Å². The Hall–Kier alpha value is -1.85. The number of thioether (sulfide) groups is 1. The van der Waals surface area contributed by atoms with Gasteiger partial charge in [-0.25, -0.2) is 4.99 Å². The molecular weight excluding hydrogens is 300 g/mol. The quantitative estimate of drug-likeness (QED) is 0.842. The summed E-state index contributed by atoms with van der Waals surface area (Å²) in [6, 6.07) is 9.95. The lowest BCUT2D eigenvalue weighted by atomic mass is 10.2. The SMILES string of the molecule is Cc1cccc(N=C2NC(=O)/C(=C/c3sccc3C)S2)c1. The van der Waals surface area contributed by atoms with Gasteiger partial charge in [-0.2, -0.15) is 0 Å². The molecule has 2 heterocycles. The van der Waals surface area contributed by atoms with E-state index in [2.05, 4.69) is 16.4 Å². The first-order valence-electron chi connectivity index (χ1n) is 6.52. The molecule has 1 N–H and O–H groups in total. The van der Waals surface area contributed by atoms with Gasteiger partial charge in [-0.1, -0.05) is 12.1 Å². The van der Waals surface area contributed by atoms with Crippen molar-refractivity contribution in [3.05, 3.63) is 56.6 Å². The highest BCUT2D eigenvalue weighted by Gasteiger charge is 2.24. The highest BCUT2D eigenvalue weighted by molar-refractivity contribution is 8.18. The van der Waals surface area contributed by atoms with Crippen LogP contribution >= 0.6 is 23.1 Å². The summed E-state index contributed by atoms with van der Waals surface area (Å²) in [5.74, 6) is -0.0841. The number of amidine groups is 1. The van der Waals surface area contributed by atoms with Crippen LogP contribution in [0, 0.1) is 13.8 Å². The van der Waals surface area contributed by atoms with Gasteiger partial charge in [0.05, 0.1) is 10.6 Å². The van der Waals surface area contributed by atoms with Gasteiger partial charge in [-0.15, -0.1) is 11.3 Å². The van der Waals surface area contributed by atoms with E-state index in [9.17, 15) is 4.79 Å². The van der Waals surface area contributed by atoms with E-state index in [0.29, 0.717) is 10.1 Å². The van der Waals surface area contributed by atoms with Crippen molar-refractivity contribution in [3.8, 4) is 0 Å². The highest BCUT2D eigenvalue weighted by atomic mass is 32.2. The average molecular weight is 314 g/mol. The number of benzene rings is 1. The molecule has 1 saturated heterocycles. The largest absolute Gasteiger partial charge is 0.300 e. The van der Waals surface area contributed by atoms with Crippen molar-refractivity contribution < 1.29 is 4.79 Å². The van der Waals surface area contributed by atoms with E-state index in [1.54, 1.807) is 11.3 Å². The van der Waals surface area contributed by atoms with E-state index in [1.165, 1.54) is 17.3 Å². The van der Waals surface area contributed by atoms with Crippen molar-refractivity contribution in [1.29, 1.82) is 0 Å². The summed E-state index contributed by atoms with van der Waals surface area (Å²) in [6.45, 7) is 4.07. The third-order valence-corrected chi connectivity index (χ3v) is 4.92. The average Bonchev–Trinajstić information content (AvgIpc) is 2.98. The van der Waals surface area contributed by atoms with Gasteiger partial charge in [0.15, 0.2) is 5.17 Å². The van der Waals surface area contributed by atoms with Crippen LogP contribution in [0.4, 0.5) is 5.69 Å². The van der Waals surface area contributed by atoms with Crippen molar-refractivity contribution in [2.45, 2.75) is 13.8 Å². The van der Waals surface area contributed by atoms with Crippen molar-refractivity contribution in [3.63, 3.8) is 0 Å². The van der Waals surface area contributed by atoms with Gasteiger partial charge in [-0.3, -0.25) is 4.79 Å². The van der Waals surface area contributed by atoms with Crippen LogP contribution in [-0.4, -0.2) is 11.1 Å². The number of aryl methyl sites for hydroxylation is 2. The van der Waals surface area contributed by atoms with Crippen LogP contribution < -0.4 is 5.32 Å². The van der Waals surface area contributed by atoms with E-state index in [4.69, 9.17) is 0 Å². The molecule has 21 heavy (non-hydrogen) atoms. The Morgan fingerprint density at radius 3 is 2.81 bits per heavy atom. The number of hydrogen-bond donors (Lipinski definition) is 1. The van der Waals surface area contributed by atoms with Crippen LogP contribution in [0.1, 0.15) is 16.0 Å². The molecule has 3 rings (SSSR count). The summed E-state index contributed by atoms with van der Waals surface area (Å²) in [5, 5.41) is 5.47. The lowest BCUT2D eigenvalue weighted by Crippen LogP contribution is -2.19. The Bertz CT molecular complexity index is 759. The monoisotopic (exact) mass is 314 g/mol. The van der Waals surface area contributed by atoms with E-state index >= 15 is 0 Å². The fourth-order valence-electron chi connectivity index (χ4n) is 1.95. The molecule has 1 amide bonds. The minimum Gasteiger partial charge on any atom is -0.300 e. The maximum Gasteiger partial charge on any atom is 0.264 e. The van der Waals surface area contributed by atoms with Crippen LogP contribution in [0.5, 0.6) is 0 Å². The van der Waals surface area contributed by atoms with Gasteiger partial charge in [0.1, 0.15) is 0 Å². The molecule has 0 bridgehead atoms. The molecule has 0 spiro atoms. The predicted octanol–water partition coefficient (Wildman–Crippen LogP) is 4.26. The first kappa shape index (κ1) is 14.1. The molecule has 0 aliphatic carbocycles. The molecule has 1 aromatic carbocycles. The molecule has 0 unspecified atom stereocenters. The molecule has 3 nitrogen and oxygen atoms in total. The van der Waals surface area contributed by atoms with Gasteiger partial charge in [0.2, 0.25) is 0 Å². The summed E-state index contributed by atoms with van der Waals surface area (Å²) in [6.07, 6.45) is 1.93. The van der Waals surface area contributed by atoms with E-state index in [1.807, 2.05) is 49.6 Å². The minimum atomic E-state index is -0.0841. The summed E-state index contributed by atoms with van der Waals surface area (Å²) >= 11 is 3.02. The standard InChI is InChI=1S/C16H14N2OS2/c1-10-4-3-5-12(8-10)17-16-18-15(19)14(21-16)9-13-11(2)6-7-20-13/h3-9H,1-2H3,(H,17,18,19)/b14-9-. The summed E-state index contributed by atoms with van der Waals surface area (Å²) in [5.41, 5.74) is 3.19. The van der Waals surface area contributed by atoms with E-state index in [0.717, 1.165) is 16.1 Å². The summed E-state index contributed by atoms with van der Waals surface area (Å²) in [4.78, 5) is 18.3. The molecule has 106 valence electrons. The van der Waals surface area contributed by atoms with Crippen LogP contribution in [0.25, 0.3) is 6.08 Å². The molecule has 1 aliphatic rings. The zero-order valence-electron chi connectivity index (χ0n) is 11.7. The van der Waals surface area contributed by atoms with Gasteiger partial charge in [0.25, 0.3) is 5.91 Å². The molecule has 1 fully saturated rings. The number of hydrogen-bond acceptors (Lipinski definition) is 4. The second-order valence-corrected chi connectivity index (χ2v) is 6.77. The van der Waals surface area contributed by atoms with Crippen molar-refractivity contribution >= 4 is 45.9 Å². The minimum absolute atomic E-state index is 0.0841. The molecular formula is C16H14N2OS2. The second kappa shape index (κ2) is 5.87. The lowest BCUT2D eigenvalue weighted by molar-refractivity contribution is -0.115. The normalized spacial score (nSPS) is 18.5. The second-order valence-electron chi connectivity index (χ2n) is 4.79. The van der Waals surface area contributed by atoms with Crippen LogP contribution in [0.15, 0.2) is 45.6 Å². The molecule has 0 atom stereocenters. The fraction of sp³-hybridized carbons (Fsp3) is 0.125. The van der Waals surface area contributed by atoms with Gasteiger partial charge < -0.3 is 5.32 Å². The van der Waals surface area contributed by atoms with Crippen molar-refractivity contribution in [2.24, 2.45) is 4.99 Å². The molecule has 0 saturated carbocycles. The molecule has 5 heteroatoms. The Morgan fingerprint density at radius 1 is 1.24 bits per heavy atom. The number of amides is 1. The highest BCUT2D eigenvalue weighted by Crippen LogP contribution is 2.30. The van der Waals surface area contributed by atoms with Gasteiger partial charge >= 0.3 is 0 Å². The van der Waals surface area contributed by atoms with Crippen molar-refractivity contribution in [1.82, 2.24) is 5.32 Å². The predicted molar refractivity (Wildman–Crippen MR) is 91.0 cm³/mol. The van der Waals surface area contributed by atoms with Gasteiger partial charge in [-0.05, 0) is 66.4 Å². The number of nitrogens with zero attached hydrogens (tertiary/aromatic N) is 1. The zero-order chi connectivity index (χ0) is 14.8. The van der Waals surface area contributed by atoms with Crippen LogP contribution in [-0.2, 0) is 4.79 Å². The van der Waals surface area contributed by atoms with E-state index < -0.39 is 0 Å². The smallest absolute Gasteiger partial charge is 0.264 e. The number of thiophene rings is 1. The Balaban J connectivity index is 1.85. The van der Waals surface area contributed by atoms with E-state index in [-0.39, 0.29) is 5.91 Å². The molecule has 1 aliphatic heterocycles. The number of carbonyl (C=O) groups is 1. The maximum absolute atomic E-state index is 12.0. The maximum atomic E-state index is 12.0. The Morgan fingerprint density at radius 2 is 2.10 bits per heavy atom. The number of nitrogens with one attached hydrogen (secondary N) is 1. The molecule has 0 radical (unpaired) electrons. The number of carbonyl (C=O) groups excluding carboxylic acids is 1. The first-order valence-corrected chi connectivity index (χ1v) is 8.22. The summed E-state index contributed by atoms with van der Waals surface area (Å²) < 4.78 is 0. The van der Waals surface area contributed by atoms with Crippen LogP contribution in [0.2, 0.25) is 0 Å². The zero-order valence-corrected chi connectivity index (χ0v) is 13.3. The Labute approximate surface area is 131 Å². The first-order chi connectivity index (χ1) is 10.1. The summed E-state index contributed by atoms with van der Waals surface area (Å²) in [7, 11) is 0.